The second-order valence-electron chi connectivity index (χ2n) is 6.75. The average molecular weight is 374 g/mol. The van der Waals surface area contributed by atoms with E-state index in [-0.39, 0.29) is 12.0 Å². The normalized spacial score (nSPS) is 17.2. The first-order chi connectivity index (χ1) is 12.5. The van der Waals surface area contributed by atoms with Crippen LogP contribution in [0.2, 0.25) is 5.02 Å². The molecule has 2 heterocycles. The van der Waals surface area contributed by atoms with E-state index in [1.54, 1.807) is 0 Å². The van der Waals surface area contributed by atoms with Crippen molar-refractivity contribution in [3.8, 4) is 5.88 Å². The van der Waals surface area contributed by atoms with Crippen LogP contribution in [0.5, 0.6) is 5.88 Å². The summed E-state index contributed by atoms with van der Waals surface area (Å²) in [5, 5.41) is 0.705. The predicted molar refractivity (Wildman–Crippen MR) is 102 cm³/mol. The smallest absolute Gasteiger partial charge is 0.223 e. The number of piperidine rings is 1. The lowest BCUT2D eigenvalue weighted by atomic mass is 10.1. The fourth-order valence-electron chi connectivity index (χ4n) is 3.28. The van der Waals surface area contributed by atoms with Gasteiger partial charge in [0.15, 0.2) is 0 Å². The van der Waals surface area contributed by atoms with Crippen LogP contribution in [0, 0.1) is 13.8 Å². The van der Waals surface area contributed by atoms with Gasteiger partial charge in [-0.25, -0.2) is 4.98 Å². The molecule has 1 fully saturated rings. The van der Waals surface area contributed by atoms with Gasteiger partial charge in [-0.15, -0.1) is 0 Å². The minimum absolute atomic E-state index is 0.0208. The Morgan fingerprint density at radius 3 is 2.92 bits per heavy atom. The molecule has 1 atom stereocenters. The van der Waals surface area contributed by atoms with Crippen LogP contribution in [0.3, 0.4) is 0 Å². The minimum Gasteiger partial charge on any atom is -0.472 e. The molecule has 1 amide bonds. The second kappa shape index (κ2) is 8.49. The van der Waals surface area contributed by atoms with Gasteiger partial charge in [-0.3, -0.25) is 4.79 Å². The van der Waals surface area contributed by atoms with Gasteiger partial charge in [0.25, 0.3) is 0 Å². The molecule has 3 rings (SSSR count). The summed E-state index contributed by atoms with van der Waals surface area (Å²) in [6.07, 6.45) is 3.04. The maximum absolute atomic E-state index is 12.6. The zero-order valence-corrected chi connectivity index (χ0v) is 16.0. The summed E-state index contributed by atoms with van der Waals surface area (Å²) in [5.74, 6) is 1.45. The number of carbonyl (C=O) groups excluding carboxylic acids is 1. The lowest BCUT2D eigenvalue weighted by Crippen LogP contribution is -2.44. The van der Waals surface area contributed by atoms with E-state index in [4.69, 9.17) is 16.3 Å². The quantitative estimate of drug-likeness (QED) is 0.800. The molecule has 0 aliphatic carbocycles. The molecule has 2 aromatic rings. The van der Waals surface area contributed by atoms with Gasteiger partial charge in [0.05, 0.1) is 6.54 Å². The first-order valence-corrected chi connectivity index (χ1v) is 9.38. The van der Waals surface area contributed by atoms with Gasteiger partial charge in [0.2, 0.25) is 11.8 Å². The number of aryl methyl sites for hydroxylation is 3. The highest BCUT2D eigenvalue weighted by atomic mass is 35.5. The standard InChI is InChI=1S/C20H24ClN3O2/c1-14-11-19(23-15(2)22-14)26-18-7-4-10-24(13-18)20(25)9-8-16-5-3-6-17(21)12-16/h3,5-6,11-12,18H,4,7-10,13H2,1-2H3. The topological polar surface area (TPSA) is 55.3 Å². The molecule has 0 N–H and O–H groups in total. The number of aromatic nitrogens is 2. The van der Waals surface area contributed by atoms with Gasteiger partial charge in [-0.2, -0.15) is 4.98 Å². The average Bonchev–Trinajstić information content (AvgIpc) is 2.59. The number of halogens is 1. The van der Waals surface area contributed by atoms with Crippen molar-refractivity contribution in [2.45, 2.75) is 45.6 Å². The fraction of sp³-hybridized carbons (Fsp3) is 0.450. The van der Waals surface area contributed by atoms with Crippen molar-refractivity contribution in [2.24, 2.45) is 0 Å². The van der Waals surface area contributed by atoms with Crippen molar-refractivity contribution in [2.75, 3.05) is 13.1 Å². The number of rotatable bonds is 5. The highest BCUT2D eigenvalue weighted by molar-refractivity contribution is 6.30. The van der Waals surface area contributed by atoms with Crippen LogP contribution in [0.15, 0.2) is 30.3 Å². The summed E-state index contributed by atoms with van der Waals surface area (Å²) in [6.45, 7) is 5.17. The lowest BCUT2D eigenvalue weighted by Gasteiger charge is -2.32. The first kappa shape index (κ1) is 18.6. The summed E-state index contributed by atoms with van der Waals surface area (Å²) in [7, 11) is 0. The van der Waals surface area contributed by atoms with Crippen LogP contribution >= 0.6 is 11.6 Å². The van der Waals surface area contributed by atoms with E-state index < -0.39 is 0 Å². The Balaban J connectivity index is 1.54. The third-order valence-electron chi connectivity index (χ3n) is 4.48. The number of ether oxygens (including phenoxy) is 1. The van der Waals surface area contributed by atoms with Crippen LogP contribution in [0.4, 0.5) is 0 Å². The highest BCUT2D eigenvalue weighted by Gasteiger charge is 2.25. The summed E-state index contributed by atoms with van der Waals surface area (Å²) in [4.78, 5) is 23.1. The summed E-state index contributed by atoms with van der Waals surface area (Å²) < 4.78 is 6.01. The maximum atomic E-state index is 12.6. The van der Waals surface area contributed by atoms with Gasteiger partial charge < -0.3 is 9.64 Å². The van der Waals surface area contributed by atoms with E-state index in [1.807, 2.05) is 49.1 Å². The molecule has 5 nitrogen and oxygen atoms in total. The molecule has 1 saturated heterocycles. The molecule has 0 bridgehead atoms. The Kier molecular flexibility index (Phi) is 6.09. The van der Waals surface area contributed by atoms with Crippen LogP contribution in [0.1, 0.15) is 36.3 Å². The van der Waals surface area contributed by atoms with Gasteiger partial charge in [-0.1, -0.05) is 23.7 Å². The number of hydrogen-bond donors (Lipinski definition) is 0. The zero-order valence-electron chi connectivity index (χ0n) is 15.2. The largest absolute Gasteiger partial charge is 0.472 e. The molecule has 1 aliphatic heterocycles. The van der Waals surface area contributed by atoms with Crippen LogP contribution in [-0.2, 0) is 11.2 Å². The molecule has 0 saturated carbocycles. The molecule has 1 aromatic carbocycles. The molecule has 1 unspecified atom stereocenters. The Hall–Kier alpha value is -2.14. The van der Waals surface area contributed by atoms with E-state index in [1.165, 1.54) is 0 Å². The maximum Gasteiger partial charge on any atom is 0.223 e. The van der Waals surface area contributed by atoms with Gasteiger partial charge in [0, 0.05) is 29.7 Å². The third kappa shape index (κ3) is 5.18. The van der Waals surface area contributed by atoms with Crippen LogP contribution < -0.4 is 4.74 Å². The molecule has 1 aromatic heterocycles. The van der Waals surface area contributed by atoms with Crippen molar-refractivity contribution in [3.63, 3.8) is 0 Å². The fourth-order valence-corrected chi connectivity index (χ4v) is 3.49. The van der Waals surface area contributed by atoms with E-state index in [9.17, 15) is 4.79 Å². The monoisotopic (exact) mass is 373 g/mol. The first-order valence-electron chi connectivity index (χ1n) is 9.01. The summed E-state index contributed by atoms with van der Waals surface area (Å²) in [6, 6.07) is 9.51. The van der Waals surface area contributed by atoms with E-state index in [0.717, 1.165) is 30.6 Å². The van der Waals surface area contributed by atoms with Gasteiger partial charge in [-0.05, 0) is 50.8 Å². The number of nitrogens with zero attached hydrogens (tertiary/aromatic N) is 3. The molecular weight excluding hydrogens is 350 g/mol. The molecule has 0 radical (unpaired) electrons. The summed E-state index contributed by atoms with van der Waals surface area (Å²) in [5.41, 5.74) is 1.97. The van der Waals surface area contributed by atoms with Crippen LogP contribution in [0.25, 0.3) is 0 Å². The Bertz CT molecular complexity index is 761. The molecule has 6 heteroatoms. The molecule has 1 aliphatic rings. The Morgan fingerprint density at radius 1 is 1.31 bits per heavy atom. The predicted octanol–water partition coefficient (Wildman–Crippen LogP) is 3.75. The SMILES string of the molecule is Cc1cc(OC2CCCN(C(=O)CCc3cccc(Cl)c3)C2)nc(C)n1. The van der Waals surface area contributed by atoms with Crippen molar-refractivity contribution in [3.05, 3.63) is 52.4 Å². The van der Waals surface area contributed by atoms with Gasteiger partial charge >= 0.3 is 0 Å². The zero-order chi connectivity index (χ0) is 18.5. The number of hydrogen-bond acceptors (Lipinski definition) is 4. The molecular formula is C20H24ClN3O2. The van der Waals surface area contributed by atoms with Crippen molar-refractivity contribution >= 4 is 17.5 Å². The third-order valence-corrected chi connectivity index (χ3v) is 4.71. The lowest BCUT2D eigenvalue weighted by molar-refractivity contribution is -0.133. The molecule has 138 valence electrons. The van der Waals surface area contributed by atoms with E-state index in [2.05, 4.69) is 9.97 Å². The van der Waals surface area contributed by atoms with Crippen LogP contribution in [-0.4, -0.2) is 40.0 Å². The van der Waals surface area contributed by atoms with E-state index in [0.29, 0.717) is 36.1 Å². The van der Waals surface area contributed by atoms with Crippen molar-refractivity contribution < 1.29 is 9.53 Å². The number of benzene rings is 1. The van der Waals surface area contributed by atoms with Crippen molar-refractivity contribution in [1.29, 1.82) is 0 Å². The number of amides is 1. The number of likely N-dealkylation sites (tertiary alicyclic amines) is 1. The van der Waals surface area contributed by atoms with Gasteiger partial charge in [0.1, 0.15) is 11.9 Å². The van der Waals surface area contributed by atoms with Crippen molar-refractivity contribution in [1.82, 2.24) is 14.9 Å². The highest BCUT2D eigenvalue weighted by Crippen LogP contribution is 2.19. The second-order valence-corrected chi connectivity index (χ2v) is 7.18. The number of carbonyl (C=O) groups is 1. The molecule has 0 spiro atoms. The minimum atomic E-state index is -0.0208. The summed E-state index contributed by atoms with van der Waals surface area (Å²) >= 11 is 6.00. The Morgan fingerprint density at radius 2 is 2.15 bits per heavy atom. The Labute approximate surface area is 159 Å². The molecule has 26 heavy (non-hydrogen) atoms. The van der Waals surface area contributed by atoms with E-state index >= 15 is 0 Å².